The number of halogens is 3. The van der Waals surface area contributed by atoms with Gasteiger partial charge in [0.15, 0.2) is 0 Å². The average Bonchev–Trinajstić information content (AvgIpc) is 2.48. The van der Waals surface area contributed by atoms with Crippen molar-refractivity contribution < 1.29 is 27.4 Å². The summed E-state index contributed by atoms with van der Waals surface area (Å²) < 4.78 is 45.2. The molecular weight excluding hydrogens is 325 g/mol. The number of piperidine rings is 1. The van der Waals surface area contributed by atoms with Gasteiger partial charge in [0.1, 0.15) is 5.75 Å². The predicted octanol–water partition coefficient (Wildman–Crippen LogP) is 2.88. The fourth-order valence-corrected chi connectivity index (χ4v) is 2.81. The number of nitrogens with zero attached hydrogens (tertiary/aromatic N) is 1. The largest absolute Gasteiger partial charge is 0.573 e. The minimum Gasteiger partial charge on any atom is -0.406 e. The Bertz CT molecular complexity index is 532. The van der Waals surface area contributed by atoms with Gasteiger partial charge in [0.2, 0.25) is 5.91 Å². The first-order valence-corrected chi connectivity index (χ1v) is 7.72. The van der Waals surface area contributed by atoms with E-state index in [1.54, 1.807) is 7.11 Å². The highest BCUT2D eigenvalue weighted by molar-refractivity contribution is 5.92. The topological polar surface area (TPSA) is 50.8 Å². The second-order valence-electron chi connectivity index (χ2n) is 5.82. The fraction of sp³-hybridized carbons (Fsp3) is 0.562. The molecule has 0 radical (unpaired) electrons. The van der Waals surface area contributed by atoms with Crippen LogP contribution in [0.1, 0.15) is 12.8 Å². The van der Waals surface area contributed by atoms with Crippen molar-refractivity contribution in [1.29, 1.82) is 0 Å². The van der Waals surface area contributed by atoms with E-state index in [0.717, 1.165) is 25.9 Å². The fourth-order valence-electron chi connectivity index (χ4n) is 2.81. The summed E-state index contributed by atoms with van der Waals surface area (Å²) in [7, 11) is 1.66. The zero-order valence-electron chi connectivity index (χ0n) is 13.4. The maximum absolute atomic E-state index is 12.1. The lowest BCUT2D eigenvalue weighted by Crippen LogP contribution is -2.41. The van der Waals surface area contributed by atoms with E-state index in [9.17, 15) is 18.0 Å². The third-order valence-corrected chi connectivity index (χ3v) is 3.74. The van der Waals surface area contributed by atoms with Gasteiger partial charge in [-0.2, -0.15) is 0 Å². The van der Waals surface area contributed by atoms with Crippen LogP contribution in [0.15, 0.2) is 24.3 Å². The molecule has 24 heavy (non-hydrogen) atoms. The van der Waals surface area contributed by atoms with E-state index in [4.69, 9.17) is 4.74 Å². The average molecular weight is 346 g/mol. The number of hydrogen-bond donors (Lipinski definition) is 1. The molecule has 8 heteroatoms. The first kappa shape index (κ1) is 18.5. The Balaban J connectivity index is 1.81. The first-order chi connectivity index (χ1) is 11.4. The molecule has 1 fully saturated rings. The Morgan fingerprint density at radius 1 is 1.33 bits per heavy atom. The van der Waals surface area contributed by atoms with E-state index in [1.807, 2.05) is 0 Å². The molecule has 1 N–H and O–H groups in total. The van der Waals surface area contributed by atoms with Gasteiger partial charge in [0.05, 0.1) is 13.2 Å². The van der Waals surface area contributed by atoms with Crippen LogP contribution < -0.4 is 10.1 Å². The Morgan fingerprint density at radius 2 is 2.04 bits per heavy atom. The van der Waals surface area contributed by atoms with E-state index < -0.39 is 6.36 Å². The van der Waals surface area contributed by atoms with Gasteiger partial charge in [0.25, 0.3) is 0 Å². The lowest BCUT2D eigenvalue weighted by atomic mass is 9.99. The second kappa shape index (κ2) is 8.34. The van der Waals surface area contributed by atoms with Gasteiger partial charge in [-0.1, -0.05) is 0 Å². The summed E-state index contributed by atoms with van der Waals surface area (Å²) in [4.78, 5) is 14.1. The highest BCUT2D eigenvalue weighted by Crippen LogP contribution is 2.24. The molecule has 2 rings (SSSR count). The van der Waals surface area contributed by atoms with Crippen LogP contribution >= 0.6 is 0 Å². The quantitative estimate of drug-likeness (QED) is 0.861. The standard InChI is InChI=1S/C16H21F3N2O3/c1-23-11-12-3-2-8-21(9-12)10-15(22)20-13-4-6-14(7-5-13)24-16(17,18)19/h4-7,12H,2-3,8-11H2,1H3,(H,20,22)/t12-/m1/s1. The van der Waals surface area contributed by atoms with Gasteiger partial charge in [-0.25, -0.2) is 0 Å². The number of carbonyl (C=O) groups is 1. The number of methoxy groups -OCH3 is 1. The molecular formula is C16H21F3N2O3. The van der Waals surface area contributed by atoms with Gasteiger partial charge in [-0.3, -0.25) is 9.69 Å². The molecule has 0 spiro atoms. The van der Waals surface area contributed by atoms with Crippen LogP contribution in [0.2, 0.25) is 0 Å². The van der Waals surface area contributed by atoms with Crippen molar-refractivity contribution in [2.75, 3.05) is 38.7 Å². The zero-order valence-corrected chi connectivity index (χ0v) is 13.4. The predicted molar refractivity (Wildman–Crippen MR) is 82.8 cm³/mol. The van der Waals surface area contributed by atoms with Crippen LogP contribution in [0.4, 0.5) is 18.9 Å². The molecule has 1 saturated heterocycles. The Hall–Kier alpha value is -1.80. The number of benzene rings is 1. The van der Waals surface area contributed by atoms with Crippen molar-refractivity contribution >= 4 is 11.6 Å². The van der Waals surface area contributed by atoms with Crippen LogP contribution in [-0.2, 0) is 9.53 Å². The van der Waals surface area contributed by atoms with Crippen LogP contribution in [0.3, 0.4) is 0 Å². The summed E-state index contributed by atoms with van der Waals surface area (Å²) >= 11 is 0. The Labute approximate surface area is 138 Å². The van der Waals surface area contributed by atoms with Crippen molar-refractivity contribution in [3.63, 3.8) is 0 Å². The molecule has 1 heterocycles. The molecule has 5 nitrogen and oxygen atoms in total. The molecule has 1 atom stereocenters. The van der Waals surface area contributed by atoms with E-state index in [1.165, 1.54) is 24.3 Å². The SMILES string of the molecule is COC[C@@H]1CCCN(CC(=O)Nc2ccc(OC(F)(F)F)cc2)C1. The molecule has 0 aromatic heterocycles. The maximum atomic E-state index is 12.1. The van der Waals surface area contributed by atoms with Crippen LogP contribution in [0.5, 0.6) is 5.75 Å². The third kappa shape index (κ3) is 6.37. The van der Waals surface area contributed by atoms with Crippen molar-refractivity contribution in [3.05, 3.63) is 24.3 Å². The van der Waals surface area contributed by atoms with Crippen LogP contribution in [0.25, 0.3) is 0 Å². The minimum atomic E-state index is -4.72. The van der Waals surface area contributed by atoms with Crippen molar-refractivity contribution in [2.45, 2.75) is 19.2 Å². The Morgan fingerprint density at radius 3 is 2.67 bits per heavy atom. The molecule has 1 aliphatic rings. The summed E-state index contributed by atoms with van der Waals surface area (Å²) in [5.74, 6) is -0.0909. The lowest BCUT2D eigenvalue weighted by Gasteiger charge is -2.31. The maximum Gasteiger partial charge on any atom is 0.573 e. The number of carbonyl (C=O) groups excluding carboxylic acids is 1. The molecule has 0 unspecified atom stereocenters. The molecule has 0 aliphatic carbocycles. The molecule has 1 aromatic carbocycles. The number of anilines is 1. The van der Waals surface area contributed by atoms with E-state index in [-0.39, 0.29) is 18.2 Å². The van der Waals surface area contributed by atoms with Gasteiger partial charge in [-0.15, -0.1) is 13.2 Å². The highest BCUT2D eigenvalue weighted by atomic mass is 19.4. The molecule has 1 aromatic rings. The first-order valence-electron chi connectivity index (χ1n) is 7.72. The smallest absolute Gasteiger partial charge is 0.406 e. The lowest BCUT2D eigenvalue weighted by molar-refractivity contribution is -0.274. The van der Waals surface area contributed by atoms with Crippen LogP contribution in [-0.4, -0.2) is 50.5 Å². The minimum absolute atomic E-state index is 0.197. The number of likely N-dealkylation sites (tertiary alicyclic amines) is 1. The van der Waals surface area contributed by atoms with Crippen molar-refractivity contribution in [2.24, 2.45) is 5.92 Å². The summed E-state index contributed by atoms with van der Waals surface area (Å²) in [6, 6.07) is 5.09. The van der Waals surface area contributed by atoms with E-state index in [0.29, 0.717) is 18.2 Å². The number of amides is 1. The molecule has 0 bridgehead atoms. The monoisotopic (exact) mass is 346 g/mol. The van der Waals surface area contributed by atoms with Gasteiger partial charge >= 0.3 is 6.36 Å². The molecule has 1 aliphatic heterocycles. The third-order valence-electron chi connectivity index (χ3n) is 3.74. The van der Waals surface area contributed by atoms with E-state index >= 15 is 0 Å². The Kier molecular flexibility index (Phi) is 6.44. The van der Waals surface area contributed by atoms with Crippen molar-refractivity contribution in [3.8, 4) is 5.75 Å². The van der Waals surface area contributed by atoms with Crippen molar-refractivity contribution in [1.82, 2.24) is 4.90 Å². The van der Waals surface area contributed by atoms with Gasteiger partial charge in [0, 0.05) is 19.3 Å². The van der Waals surface area contributed by atoms with Gasteiger partial charge < -0.3 is 14.8 Å². The molecule has 1 amide bonds. The molecule has 0 saturated carbocycles. The number of alkyl halides is 3. The highest BCUT2D eigenvalue weighted by Gasteiger charge is 2.31. The number of rotatable bonds is 6. The van der Waals surface area contributed by atoms with E-state index in [2.05, 4.69) is 15.0 Å². The molecule has 134 valence electrons. The number of nitrogens with one attached hydrogen (secondary N) is 1. The second-order valence-corrected chi connectivity index (χ2v) is 5.82. The zero-order chi connectivity index (χ0) is 17.6. The van der Waals surface area contributed by atoms with Gasteiger partial charge in [-0.05, 0) is 49.6 Å². The summed E-state index contributed by atoms with van der Waals surface area (Å²) in [6.07, 6.45) is -2.62. The normalized spacial score (nSPS) is 19.1. The number of hydrogen-bond acceptors (Lipinski definition) is 4. The number of ether oxygens (including phenoxy) is 2. The summed E-state index contributed by atoms with van der Waals surface area (Å²) in [6.45, 7) is 2.59. The van der Waals surface area contributed by atoms with Crippen LogP contribution in [0, 0.1) is 5.92 Å². The summed E-state index contributed by atoms with van der Waals surface area (Å²) in [5, 5.41) is 2.68. The summed E-state index contributed by atoms with van der Waals surface area (Å²) in [5.41, 5.74) is 0.431.